The van der Waals surface area contributed by atoms with Gasteiger partial charge in [0.2, 0.25) is 0 Å². The number of hydrogen-bond acceptors (Lipinski definition) is 5. The van der Waals surface area contributed by atoms with Crippen molar-refractivity contribution in [2.75, 3.05) is 5.32 Å². The minimum absolute atomic E-state index is 0.257. The lowest BCUT2D eigenvalue weighted by atomic mass is 10.0. The second kappa shape index (κ2) is 16.6. The highest BCUT2D eigenvalue weighted by Gasteiger charge is 2.51. The first-order valence-corrected chi connectivity index (χ1v) is 16.2. The Kier molecular flexibility index (Phi) is 13.3. The molecule has 2 heterocycles. The van der Waals surface area contributed by atoms with Crippen LogP contribution in [-0.4, -0.2) is 43.0 Å². The fourth-order valence-electron chi connectivity index (χ4n) is 5.42. The van der Waals surface area contributed by atoms with Crippen LogP contribution in [0.1, 0.15) is 128 Å². The van der Waals surface area contributed by atoms with Crippen molar-refractivity contribution in [2.45, 2.75) is 136 Å². The Morgan fingerprint density at radius 2 is 1.48 bits per heavy atom. The Morgan fingerprint density at radius 3 is 2.00 bits per heavy atom. The van der Waals surface area contributed by atoms with Crippen LogP contribution in [-0.2, 0) is 16.1 Å². The maximum atomic E-state index is 13.7. The second-order valence-corrected chi connectivity index (χ2v) is 12.3. The van der Waals surface area contributed by atoms with Crippen LogP contribution in [0.4, 0.5) is 10.5 Å². The summed E-state index contributed by atoms with van der Waals surface area (Å²) in [5, 5.41) is 10.3. The van der Waals surface area contributed by atoms with Gasteiger partial charge in [-0.25, -0.2) is 19.4 Å². The van der Waals surface area contributed by atoms with Gasteiger partial charge in [0.25, 0.3) is 11.8 Å². The number of unbranched alkanes of at least 4 members (excludes halogenated alkanes) is 13. The van der Waals surface area contributed by atoms with E-state index in [4.69, 9.17) is 11.6 Å². The molecule has 2 N–H and O–H groups in total. The van der Waals surface area contributed by atoms with Crippen LogP contribution in [0.5, 0.6) is 0 Å². The topological polar surface area (TPSA) is 109 Å². The quantitative estimate of drug-likeness (QED) is 0.127. The molecule has 1 unspecified atom stereocenters. The molecule has 1 fully saturated rings. The third kappa shape index (κ3) is 9.54. The number of aromatic nitrogens is 3. The number of nitrogens with one attached hydrogen (secondary N) is 2. The molecule has 42 heavy (non-hydrogen) atoms. The molecule has 0 saturated carbocycles. The Labute approximate surface area is 256 Å². The molecular formula is C32H49ClN6O3. The number of rotatable bonds is 19. The van der Waals surface area contributed by atoms with Crippen molar-refractivity contribution < 1.29 is 14.4 Å². The number of carbonyl (C=O) groups is 3. The van der Waals surface area contributed by atoms with Crippen LogP contribution < -0.4 is 10.6 Å². The Hall–Kier alpha value is -2.94. The highest BCUT2D eigenvalue weighted by Crippen LogP contribution is 2.30. The monoisotopic (exact) mass is 600 g/mol. The summed E-state index contributed by atoms with van der Waals surface area (Å²) in [6.07, 6.45) is 17.6. The first kappa shape index (κ1) is 33.6. The van der Waals surface area contributed by atoms with Gasteiger partial charge in [-0.2, -0.15) is 5.10 Å². The van der Waals surface area contributed by atoms with Crippen molar-refractivity contribution in [3.05, 3.63) is 40.9 Å². The van der Waals surface area contributed by atoms with Gasteiger partial charge >= 0.3 is 6.03 Å². The molecule has 232 valence electrons. The second-order valence-electron chi connectivity index (χ2n) is 11.9. The van der Waals surface area contributed by atoms with Gasteiger partial charge < -0.3 is 10.6 Å². The van der Waals surface area contributed by atoms with Crippen molar-refractivity contribution in [3.63, 3.8) is 0 Å². The van der Waals surface area contributed by atoms with Crippen LogP contribution in [0.3, 0.4) is 0 Å². The predicted molar refractivity (Wildman–Crippen MR) is 167 cm³/mol. The smallest absolute Gasteiger partial charge is 0.324 e. The summed E-state index contributed by atoms with van der Waals surface area (Å²) >= 11 is 6.28. The van der Waals surface area contributed by atoms with Gasteiger partial charge in [-0.1, -0.05) is 114 Å². The van der Waals surface area contributed by atoms with E-state index in [0.717, 1.165) is 24.2 Å². The maximum Gasteiger partial charge on any atom is 0.326 e. The molecule has 1 aliphatic heterocycles. The number of imide groups is 1. The predicted octanol–water partition coefficient (Wildman–Crippen LogP) is 7.73. The van der Waals surface area contributed by atoms with Gasteiger partial charge in [0.15, 0.2) is 11.9 Å². The van der Waals surface area contributed by atoms with Crippen molar-refractivity contribution in [2.24, 2.45) is 0 Å². The number of anilines is 1. The molecule has 1 atom stereocenters. The highest BCUT2D eigenvalue weighted by molar-refractivity contribution is 6.33. The summed E-state index contributed by atoms with van der Waals surface area (Å²) in [5.41, 5.74) is -0.760. The number of urea groups is 1. The molecule has 0 radical (unpaired) electrons. The van der Waals surface area contributed by atoms with Crippen LogP contribution in [0.2, 0.25) is 5.02 Å². The Balaban J connectivity index is 1.56. The molecule has 3 rings (SSSR count). The SMILES string of the molecule is CCCCCCCCCCCCCCCCn1nc(C)nc1C(C(=O)Nc1ccccc1Cl)N1C(=O)NC(C)(C)C1=O. The number of nitrogens with zero attached hydrogens (tertiary/aromatic N) is 4. The third-order valence-electron chi connectivity index (χ3n) is 7.80. The number of para-hydroxylation sites is 1. The lowest BCUT2D eigenvalue weighted by Gasteiger charge is -2.25. The third-order valence-corrected chi connectivity index (χ3v) is 8.13. The molecule has 9 nitrogen and oxygen atoms in total. The van der Waals surface area contributed by atoms with Gasteiger partial charge in [0.05, 0.1) is 10.7 Å². The zero-order valence-corrected chi connectivity index (χ0v) is 26.6. The Morgan fingerprint density at radius 1 is 0.929 bits per heavy atom. The van der Waals surface area contributed by atoms with E-state index in [1.807, 2.05) is 0 Å². The number of halogens is 1. The van der Waals surface area contributed by atoms with Crippen molar-refractivity contribution in [1.82, 2.24) is 25.0 Å². The normalized spacial score (nSPS) is 15.2. The molecule has 1 saturated heterocycles. The highest BCUT2D eigenvalue weighted by atomic mass is 35.5. The largest absolute Gasteiger partial charge is 0.326 e. The van der Waals surface area contributed by atoms with Gasteiger partial charge in [-0.3, -0.25) is 9.59 Å². The molecule has 4 amide bonds. The van der Waals surface area contributed by atoms with Crippen molar-refractivity contribution >= 4 is 35.1 Å². The Bertz CT molecular complexity index is 1180. The minimum atomic E-state index is -1.30. The lowest BCUT2D eigenvalue weighted by molar-refractivity contribution is -0.136. The minimum Gasteiger partial charge on any atom is -0.324 e. The van der Waals surface area contributed by atoms with Crippen molar-refractivity contribution in [3.8, 4) is 0 Å². The number of aryl methyl sites for hydroxylation is 2. The first-order chi connectivity index (χ1) is 20.2. The zero-order chi connectivity index (χ0) is 30.5. The summed E-state index contributed by atoms with van der Waals surface area (Å²) in [7, 11) is 0. The van der Waals surface area contributed by atoms with Gasteiger partial charge in [-0.15, -0.1) is 0 Å². The average molecular weight is 601 g/mol. The fraction of sp³-hybridized carbons (Fsp3) is 0.656. The number of hydrogen-bond donors (Lipinski definition) is 2. The summed E-state index contributed by atoms with van der Waals surface area (Å²) in [6.45, 7) is 7.76. The van der Waals surface area contributed by atoms with Gasteiger partial charge in [0.1, 0.15) is 11.4 Å². The van der Waals surface area contributed by atoms with E-state index in [-0.39, 0.29) is 5.82 Å². The summed E-state index contributed by atoms with van der Waals surface area (Å²) in [6, 6.07) is 4.88. The summed E-state index contributed by atoms with van der Waals surface area (Å²) in [5.74, 6) is -0.361. The molecule has 2 aromatic rings. The van der Waals surface area contributed by atoms with Crippen LogP contribution in [0, 0.1) is 6.92 Å². The van der Waals surface area contributed by atoms with E-state index in [9.17, 15) is 14.4 Å². The van der Waals surface area contributed by atoms with Gasteiger partial charge in [-0.05, 0) is 39.3 Å². The van der Waals surface area contributed by atoms with E-state index < -0.39 is 29.4 Å². The molecule has 0 aliphatic carbocycles. The first-order valence-electron chi connectivity index (χ1n) is 15.8. The molecule has 1 aliphatic rings. The molecule has 1 aromatic carbocycles. The maximum absolute atomic E-state index is 13.7. The average Bonchev–Trinajstić information content (AvgIpc) is 3.40. The summed E-state index contributed by atoms with van der Waals surface area (Å²) in [4.78, 5) is 45.4. The molecule has 0 spiro atoms. The van der Waals surface area contributed by atoms with Gasteiger partial charge in [0, 0.05) is 6.54 Å². The summed E-state index contributed by atoms with van der Waals surface area (Å²) < 4.78 is 1.67. The zero-order valence-electron chi connectivity index (χ0n) is 25.9. The molecular weight excluding hydrogens is 552 g/mol. The molecule has 1 aromatic heterocycles. The van der Waals surface area contributed by atoms with E-state index in [1.54, 1.807) is 49.7 Å². The van der Waals surface area contributed by atoms with E-state index in [2.05, 4.69) is 27.6 Å². The van der Waals surface area contributed by atoms with Crippen LogP contribution in [0.15, 0.2) is 24.3 Å². The number of carbonyl (C=O) groups excluding carboxylic acids is 3. The fourth-order valence-corrected chi connectivity index (χ4v) is 5.60. The van der Waals surface area contributed by atoms with Crippen LogP contribution >= 0.6 is 11.6 Å². The number of benzene rings is 1. The lowest BCUT2D eigenvalue weighted by Crippen LogP contribution is -2.44. The van der Waals surface area contributed by atoms with E-state index in [1.165, 1.54) is 70.6 Å². The van der Waals surface area contributed by atoms with E-state index in [0.29, 0.717) is 23.1 Å². The number of amides is 4. The van der Waals surface area contributed by atoms with Crippen LogP contribution in [0.25, 0.3) is 0 Å². The standard InChI is InChI=1S/C32H49ClN6O3/c1-5-6-7-8-9-10-11-12-13-14-15-16-17-20-23-38-28(34-24(2)37-38)27(39-30(41)32(3,4)36-31(39)42)29(40)35-26-22-19-18-21-25(26)33/h18-19,21-22,27H,5-17,20,23H2,1-4H3,(H,35,40)(H,36,42). The van der Waals surface area contributed by atoms with Crippen molar-refractivity contribution in [1.29, 1.82) is 0 Å². The molecule has 0 bridgehead atoms. The van der Waals surface area contributed by atoms with E-state index >= 15 is 0 Å². The molecule has 10 heteroatoms.